The van der Waals surface area contributed by atoms with Crippen molar-refractivity contribution in [3.63, 3.8) is 0 Å². The fraction of sp³-hybridized carbons (Fsp3) is 0.143. The predicted octanol–water partition coefficient (Wildman–Crippen LogP) is 1.21. The Morgan fingerprint density at radius 1 is 1.67 bits per heavy atom. The molecule has 0 spiro atoms. The lowest BCUT2D eigenvalue weighted by Crippen LogP contribution is -1.99. The molecule has 1 heterocycles. The van der Waals surface area contributed by atoms with Gasteiger partial charge >= 0.3 is 5.97 Å². The van der Waals surface area contributed by atoms with Crippen LogP contribution in [0.25, 0.3) is 0 Å². The zero-order valence-electron chi connectivity index (χ0n) is 6.35. The van der Waals surface area contributed by atoms with Crippen LogP contribution in [0.5, 0.6) is 5.75 Å². The van der Waals surface area contributed by atoms with Gasteiger partial charge in [0.2, 0.25) is 0 Å². The molecule has 1 aromatic rings. The van der Waals surface area contributed by atoms with Crippen molar-refractivity contribution in [1.82, 2.24) is 4.98 Å². The summed E-state index contributed by atoms with van der Waals surface area (Å²) in [6, 6.07) is 2.95. The minimum atomic E-state index is -1.05. The van der Waals surface area contributed by atoms with E-state index in [0.29, 0.717) is 5.75 Å². The Kier molecular flexibility index (Phi) is 4.07. The van der Waals surface area contributed by atoms with Crippen molar-refractivity contribution in [3.05, 3.63) is 24.0 Å². The molecule has 0 aromatic carbocycles. The second kappa shape index (κ2) is 4.56. The van der Waals surface area contributed by atoms with Crippen LogP contribution < -0.4 is 4.74 Å². The summed E-state index contributed by atoms with van der Waals surface area (Å²) in [5.74, 6) is -0.554. The minimum Gasteiger partial charge on any atom is -0.497 e. The van der Waals surface area contributed by atoms with Gasteiger partial charge in [-0.2, -0.15) is 0 Å². The molecule has 1 rings (SSSR count). The van der Waals surface area contributed by atoms with Crippen molar-refractivity contribution in [2.75, 3.05) is 7.11 Å². The normalized spacial score (nSPS) is 8.42. The monoisotopic (exact) mass is 189 g/mol. The van der Waals surface area contributed by atoms with Gasteiger partial charge < -0.3 is 9.84 Å². The number of ether oxygens (including phenoxy) is 1. The number of hydrogen-bond donors (Lipinski definition) is 1. The van der Waals surface area contributed by atoms with Gasteiger partial charge in [0.15, 0.2) is 5.69 Å². The molecule has 0 atom stereocenters. The first kappa shape index (κ1) is 10.7. The molecule has 5 heteroatoms. The highest BCUT2D eigenvalue weighted by molar-refractivity contribution is 5.85. The molecule has 12 heavy (non-hydrogen) atoms. The number of methoxy groups -OCH3 is 1. The van der Waals surface area contributed by atoms with E-state index in [4.69, 9.17) is 9.84 Å². The van der Waals surface area contributed by atoms with E-state index < -0.39 is 5.97 Å². The van der Waals surface area contributed by atoms with E-state index >= 15 is 0 Å². The Hall–Kier alpha value is -1.29. The predicted molar refractivity (Wildman–Crippen MR) is 45.0 cm³/mol. The maximum absolute atomic E-state index is 10.4. The third kappa shape index (κ3) is 2.39. The molecule has 4 nitrogen and oxygen atoms in total. The lowest BCUT2D eigenvalue weighted by Gasteiger charge is -1.98. The zero-order valence-corrected chi connectivity index (χ0v) is 7.17. The largest absolute Gasteiger partial charge is 0.497 e. The molecule has 66 valence electrons. The van der Waals surface area contributed by atoms with Crippen molar-refractivity contribution in [3.8, 4) is 5.75 Å². The van der Waals surface area contributed by atoms with E-state index in [-0.39, 0.29) is 18.1 Å². The Bertz CT molecular complexity index is 277. The summed E-state index contributed by atoms with van der Waals surface area (Å²) in [7, 11) is 1.47. The second-order valence-electron chi connectivity index (χ2n) is 1.89. The number of carbonyl (C=O) groups is 1. The highest BCUT2D eigenvalue weighted by Crippen LogP contribution is 2.09. The summed E-state index contributed by atoms with van der Waals surface area (Å²) in [6.45, 7) is 0. The van der Waals surface area contributed by atoms with Gasteiger partial charge in [0.25, 0.3) is 0 Å². The van der Waals surface area contributed by atoms with Gasteiger partial charge in [0, 0.05) is 12.3 Å². The summed E-state index contributed by atoms with van der Waals surface area (Å²) in [5, 5.41) is 8.49. The smallest absolute Gasteiger partial charge is 0.354 e. The van der Waals surface area contributed by atoms with E-state index in [9.17, 15) is 4.79 Å². The Balaban J connectivity index is 0.00000121. The number of aromatic carboxylic acids is 1. The van der Waals surface area contributed by atoms with E-state index in [1.165, 1.54) is 19.4 Å². The van der Waals surface area contributed by atoms with Crippen molar-refractivity contribution >= 4 is 18.4 Å². The van der Waals surface area contributed by atoms with Crippen LogP contribution in [0.3, 0.4) is 0 Å². The van der Waals surface area contributed by atoms with Crippen LogP contribution >= 0.6 is 12.4 Å². The number of carboxylic acid groups (broad SMARTS) is 1. The third-order valence-electron chi connectivity index (χ3n) is 1.19. The summed E-state index contributed by atoms with van der Waals surface area (Å²) in [4.78, 5) is 14.0. The van der Waals surface area contributed by atoms with E-state index in [1.807, 2.05) is 0 Å². The minimum absolute atomic E-state index is 0. The van der Waals surface area contributed by atoms with Gasteiger partial charge in [-0.05, 0) is 6.07 Å². The number of aromatic nitrogens is 1. The number of hydrogen-bond acceptors (Lipinski definition) is 3. The number of rotatable bonds is 2. The van der Waals surface area contributed by atoms with E-state index in [1.54, 1.807) is 6.07 Å². The highest BCUT2D eigenvalue weighted by atomic mass is 35.5. The maximum Gasteiger partial charge on any atom is 0.354 e. The molecule has 0 fully saturated rings. The third-order valence-corrected chi connectivity index (χ3v) is 1.19. The van der Waals surface area contributed by atoms with Gasteiger partial charge in [-0.15, -0.1) is 12.4 Å². The summed E-state index contributed by atoms with van der Waals surface area (Å²) in [5.41, 5.74) is -0.00986. The first-order valence-corrected chi connectivity index (χ1v) is 2.97. The van der Waals surface area contributed by atoms with Crippen LogP contribution in [0, 0.1) is 0 Å². The molecule has 0 saturated carbocycles. The summed E-state index contributed by atoms with van der Waals surface area (Å²) in [6.07, 6.45) is 1.39. The molecule has 0 amide bonds. The van der Waals surface area contributed by atoms with Crippen LogP contribution in [0.1, 0.15) is 10.5 Å². The van der Waals surface area contributed by atoms with Crippen LogP contribution in [0.15, 0.2) is 18.3 Å². The Labute approximate surface area is 75.6 Å². The van der Waals surface area contributed by atoms with Crippen LogP contribution in [0.4, 0.5) is 0 Å². The lowest BCUT2D eigenvalue weighted by molar-refractivity contribution is 0.0690. The first-order chi connectivity index (χ1) is 5.24. The molecular weight excluding hydrogens is 182 g/mol. The van der Waals surface area contributed by atoms with Gasteiger partial charge in [-0.1, -0.05) is 0 Å². The maximum atomic E-state index is 10.4. The molecule has 0 bridgehead atoms. The standard InChI is InChI=1S/C7H7NO3.ClH/c1-11-5-2-3-8-6(4-5)7(9)10;/h2-4H,1H3,(H,9,10);1H. The Morgan fingerprint density at radius 2 is 2.33 bits per heavy atom. The van der Waals surface area contributed by atoms with Gasteiger partial charge in [0.05, 0.1) is 7.11 Å². The van der Waals surface area contributed by atoms with Gasteiger partial charge in [-0.25, -0.2) is 9.78 Å². The molecule has 1 N–H and O–H groups in total. The molecule has 0 radical (unpaired) electrons. The van der Waals surface area contributed by atoms with Gasteiger partial charge in [-0.3, -0.25) is 0 Å². The lowest BCUT2D eigenvalue weighted by atomic mass is 10.3. The van der Waals surface area contributed by atoms with Crippen molar-refractivity contribution in [2.24, 2.45) is 0 Å². The second-order valence-corrected chi connectivity index (χ2v) is 1.89. The number of nitrogens with zero attached hydrogens (tertiary/aromatic N) is 1. The van der Waals surface area contributed by atoms with Crippen LogP contribution in [0.2, 0.25) is 0 Å². The summed E-state index contributed by atoms with van der Waals surface area (Å²) >= 11 is 0. The zero-order chi connectivity index (χ0) is 8.27. The number of carboxylic acids is 1. The van der Waals surface area contributed by atoms with Crippen molar-refractivity contribution < 1.29 is 14.6 Å². The van der Waals surface area contributed by atoms with Gasteiger partial charge in [0.1, 0.15) is 5.75 Å². The SMILES string of the molecule is COc1ccnc(C(=O)O)c1.Cl. The average Bonchev–Trinajstić information content (AvgIpc) is 2.05. The van der Waals surface area contributed by atoms with E-state index in [2.05, 4.69) is 4.98 Å². The molecule has 0 aliphatic rings. The molecule has 0 unspecified atom stereocenters. The van der Waals surface area contributed by atoms with Crippen LogP contribution in [-0.4, -0.2) is 23.2 Å². The number of halogens is 1. The topological polar surface area (TPSA) is 59.4 Å². The highest BCUT2D eigenvalue weighted by Gasteiger charge is 2.03. The van der Waals surface area contributed by atoms with Crippen molar-refractivity contribution in [1.29, 1.82) is 0 Å². The fourth-order valence-corrected chi connectivity index (χ4v) is 0.655. The average molecular weight is 190 g/mol. The molecular formula is C7H8ClNO3. The molecule has 0 saturated heterocycles. The fourth-order valence-electron chi connectivity index (χ4n) is 0.655. The molecule has 0 aliphatic carbocycles. The first-order valence-electron chi connectivity index (χ1n) is 2.97. The van der Waals surface area contributed by atoms with E-state index in [0.717, 1.165) is 0 Å². The molecule has 0 aliphatic heterocycles. The quantitative estimate of drug-likeness (QED) is 0.760. The molecule has 1 aromatic heterocycles. The Morgan fingerprint density at radius 3 is 2.83 bits per heavy atom. The number of pyridine rings is 1. The summed E-state index contributed by atoms with van der Waals surface area (Å²) < 4.78 is 4.80. The van der Waals surface area contributed by atoms with Crippen molar-refractivity contribution in [2.45, 2.75) is 0 Å². The van der Waals surface area contributed by atoms with Crippen LogP contribution in [-0.2, 0) is 0 Å².